The summed E-state index contributed by atoms with van der Waals surface area (Å²) in [4.78, 5) is 0. The van der Waals surface area contributed by atoms with Crippen LogP contribution in [0.25, 0.3) is 0 Å². The molecule has 0 fully saturated rings. The second-order valence-corrected chi connectivity index (χ2v) is 6.85. The molecule has 126 valence electrons. The van der Waals surface area contributed by atoms with Gasteiger partial charge in [-0.1, -0.05) is 60.0 Å². The predicted octanol–water partition coefficient (Wildman–Crippen LogP) is 5.19. The number of hydrogen-bond acceptors (Lipinski definition) is 2. The summed E-state index contributed by atoms with van der Waals surface area (Å²) < 4.78 is 11.1. The average molecular weight is 387 g/mol. The third-order valence-electron chi connectivity index (χ3n) is 4.02. The smallest absolute Gasteiger partial charge is 0.148 e. The zero-order chi connectivity index (χ0) is 17.4. The number of rotatable bonds is 8. The van der Waals surface area contributed by atoms with Crippen LogP contribution in [-0.4, -0.2) is 18.5 Å². The van der Waals surface area contributed by atoms with Crippen molar-refractivity contribution >= 4 is 15.9 Å². The fourth-order valence-corrected chi connectivity index (χ4v) is 2.70. The van der Waals surface area contributed by atoms with Gasteiger partial charge in [0.25, 0.3) is 0 Å². The highest BCUT2D eigenvalue weighted by molar-refractivity contribution is 9.09. The Bertz CT molecular complexity index is 666. The van der Waals surface area contributed by atoms with Gasteiger partial charge < -0.3 is 9.47 Å². The molecule has 0 aliphatic carbocycles. The quantitative estimate of drug-likeness (QED) is 0.353. The average Bonchev–Trinajstić information content (AvgIpc) is 2.61. The number of alkyl halides is 1. The van der Waals surface area contributed by atoms with E-state index >= 15 is 0 Å². The first kappa shape index (κ1) is 18.4. The zero-order valence-electron chi connectivity index (χ0n) is 14.2. The normalized spacial score (nSPS) is 10.9. The van der Waals surface area contributed by atoms with Crippen molar-refractivity contribution in [1.29, 1.82) is 0 Å². The van der Waals surface area contributed by atoms with E-state index in [0.717, 1.165) is 29.9 Å². The molecule has 2 rings (SSSR count). The summed E-state index contributed by atoms with van der Waals surface area (Å²) in [5.41, 5.74) is 2.37. The summed E-state index contributed by atoms with van der Waals surface area (Å²) in [6.45, 7) is 5.45. The Morgan fingerprint density at radius 1 is 0.917 bits per heavy atom. The maximum atomic E-state index is 5.71. The highest BCUT2D eigenvalue weighted by atomic mass is 79.9. The van der Waals surface area contributed by atoms with Crippen molar-refractivity contribution in [3.8, 4) is 23.8 Å². The SMILES string of the molecule is C#CCOc1ccc(C(C)(C)c2ccc(OCCCBr)cc2)cc1. The summed E-state index contributed by atoms with van der Waals surface area (Å²) in [6, 6.07) is 16.4. The minimum atomic E-state index is -0.0982. The van der Waals surface area contributed by atoms with Crippen LogP contribution >= 0.6 is 15.9 Å². The Morgan fingerprint density at radius 2 is 1.42 bits per heavy atom. The van der Waals surface area contributed by atoms with Crippen molar-refractivity contribution in [3.63, 3.8) is 0 Å². The van der Waals surface area contributed by atoms with Crippen molar-refractivity contribution in [1.82, 2.24) is 0 Å². The largest absolute Gasteiger partial charge is 0.494 e. The van der Waals surface area contributed by atoms with Crippen LogP contribution < -0.4 is 9.47 Å². The predicted molar refractivity (Wildman–Crippen MR) is 103 cm³/mol. The van der Waals surface area contributed by atoms with E-state index in [1.54, 1.807) is 0 Å². The lowest BCUT2D eigenvalue weighted by atomic mass is 9.78. The molecular formula is C21H23BrO2. The molecule has 0 aliphatic heterocycles. The molecule has 2 aromatic carbocycles. The topological polar surface area (TPSA) is 18.5 Å². The molecule has 0 bridgehead atoms. The molecule has 0 aromatic heterocycles. The summed E-state index contributed by atoms with van der Waals surface area (Å²) in [5, 5.41) is 0.958. The minimum Gasteiger partial charge on any atom is -0.494 e. The Balaban J connectivity index is 2.10. The molecule has 24 heavy (non-hydrogen) atoms. The standard InChI is InChI=1S/C21H23BrO2/c1-4-15-23-19-10-6-17(7-11-19)21(2,3)18-8-12-20(13-9-18)24-16-5-14-22/h1,6-13H,5,14-16H2,2-3H3. The second-order valence-electron chi connectivity index (χ2n) is 6.06. The van der Waals surface area contributed by atoms with Crippen LogP contribution in [-0.2, 0) is 5.41 Å². The lowest BCUT2D eigenvalue weighted by Gasteiger charge is -2.26. The van der Waals surface area contributed by atoms with Crippen LogP contribution in [0.5, 0.6) is 11.5 Å². The highest BCUT2D eigenvalue weighted by Gasteiger charge is 2.23. The molecule has 0 saturated heterocycles. The van der Waals surface area contributed by atoms with E-state index in [2.05, 4.69) is 60.0 Å². The molecule has 2 aromatic rings. The Morgan fingerprint density at radius 3 is 1.88 bits per heavy atom. The minimum absolute atomic E-state index is 0.0982. The Kier molecular flexibility index (Phi) is 6.75. The molecule has 0 heterocycles. The zero-order valence-corrected chi connectivity index (χ0v) is 15.8. The molecule has 0 atom stereocenters. The number of hydrogen-bond donors (Lipinski definition) is 0. The molecule has 0 N–H and O–H groups in total. The van der Waals surface area contributed by atoms with E-state index in [9.17, 15) is 0 Å². The Labute approximate surface area is 153 Å². The van der Waals surface area contributed by atoms with Gasteiger partial charge in [-0.3, -0.25) is 0 Å². The maximum Gasteiger partial charge on any atom is 0.148 e. The highest BCUT2D eigenvalue weighted by Crippen LogP contribution is 2.33. The summed E-state index contributed by atoms with van der Waals surface area (Å²) >= 11 is 3.41. The number of halogens is 1. The van der Waals surface area contributed by atoms with Gasteiger partial charge in [0, 0.05) is 10.7 Å². The molecule has 0 unspecified atom stereocenters. The fraction of sp³-hybridized carbons (Fsp3) is 0.333. The summed E-state index contributed by atoms with van der Waals surface area (Å²) in [7, 11) is 0. The first-order chi connectivity index (χ1) is 11.6. The molecule has 0 saturated carbocycles. The monoisotopic (exact) mass is 386 g/mol. The maximum absolute atomic E-state index is 5.71. The number of terminal acetylenes is 1. The molecule has 3 heteroatoms. The summed E-state index contributed by atoms with van der Waals surface area (Å²) in [5.74, 6) is 4.18. The second kappa shape index (κ2) is 8.80. The van der Waals surface area contributed by atoms with Crippen LogP contribution in [0, 0.1) is 12.3 Å². The van der Waals surface area contributed by atoms with Crippen molar-refractivity contribution in [2.75, 3.05) is 18.5 Å². The molecular weight excluding hydrogens is 364 g/mol. The Hall–Kier alpha value is -1.92. The van der Waals surface area contributed by atoms with Gasteiger partial charge in [0.05, 0.1) is 6.61 Å². The summed E-state index contributed by atoms with van der Waals surface area (Å²) in [6.07, 6.45) is 6.22. The molecule has 0 radical (unpaired) electrons. The van der Waals surface area contributed by atoms with Gasteiger partial charge >= 0.3 is 0 Å². The lowest BCUT2D eigenvalue weighted by molar-refractivity contribution is 0.319. The van der Waals surface area contributed by atoms with Gasteiger partial charge in [-0.05, 0) is 41.8 Å². The van der Waals surface area contributed by atoms with Crippen LogP contribution in [0.15, 0.2) is 48.5 Å². The van der Waals surface area contributed by atoms with E-state index in [0.29, 0.717) is 6.61 Å². The third-order valence-corrected chi connectivity index (χ3v) is 4.58. The molecule has 0 aliphatic rings. The first-order valence-corrected chi connectivity index (χ1v) is 9.16. The van der Waals surface area contributed by atoms with Crippen molar-refractivity contribution in [2.45, 2.75) is 25.7 Å². The third kappa shape index (κ3) is 4.79. The number of benzene rings is 2. The lowest BCUT2D eigenvalue weighted by Crippen LogP contribution is -2.18. The van der Waals surface area contributed by atoms with Gasteiger partial charge in [-0.25, -0.2) is 0 Å². The van der Waals surface area contributed by atoms with E-state index in [-0.39, 0.29) is 5.41 Å². The van der Waals surface area contributed by atoms with E-state index in [1.807, 2.05) is 24.3 Å². The van der Waals surface area contributed by atoms with Crippen LogP contribution in [0.4, 0.5) is 0 Å². The fourth-order valence-electron chi connectivity index (χ4n) is 2.47. The number of ether oxygens (including phenoxy) is 2. The first-order valence-electron chi connectivity index (χ1n) is 8.04. The van der Waals surface area contributed by atoms with Crippen molar-refractivity contribution in [3.05, 3.63) is 59.7 Å². The molecule has 0 amide bonds. The van der Waals surface area contributed by atoms with Gasteiger partial charge in [0.1, 0.15) is 18.1 Å². The molecule has 0 spiro atoms. The van der Waals surface area contributed by atoms with E-state index in [1.165, 1.54) is 11.1 Å². The van der Waals surface area contributed by atoms with Crippen LogP contribution in [0.3, 0.4) is 0 Å². The van der Waals surface area contributed by atoms with Gasteiger partial charge in [0.2, 0.25) is 0 Å². The van der Waals surface area contributed by atoms with Crippen LogP contribution in [0.2, 0.25) is 0 Å². The van der Waals surface area contributed by atoms with Gasteiger partial charge in [-0.2, -0.15) is 0 Å². The molecule has 2 nitrogen and oxygen atoms in total. The van der Waals surface area contributed by atoms with E-state index in [4.69, 9.17) is 15.9 Å². The van der Waals surface area contributed by atoms with Gasteiger partial charge in [-0.15, -0.1) is 6.42 Å². The van der Waals surface area contributed by atoms with E-state index < -0.39 is 0 Å². The van der Waals surface area contributed by atoms with Crippen molar-refractivity contribution in [2.24, 2.45) is 0 Å². The van der Waals surface area contributed by atoms with Crippen molar-refractivity contribution < 1.29 is 9.47 Å². The van der Waals surface area contributed by atoms with Crippen LogP contribution in [0.1, 0.15) is 31.4 Å². The van der Waals surface area contributed by atoms with Gasteiger partial charge in [0.15, 0.2) is 0 Å².